The molecule has 1 nitrogen and oxygen atoms in total. The van der Waals surface area contributed by atoms with E-state index in [4.69, 9.17) is 0 Å². The minimum absolute atomic E-state index is 0.0705. The average molecular weight is 180 g/mol. The lowest BCUT2D eigenvalue weighted by Crippen LogP contribution is -1.84. The lowest BCUT2D eigenvalue weighted by molar-refractivity contribution is -0.107. The molecule has 1 atom stereocenters. The Labute approximate surface area is 75.3 Å². The molecule has 0 fully saturated rings. The van der Waals surface area contributed by atoms with Crippen molar-refractivity contribution < 1.29 is 4.79 Å². The van der Waals surface area contributed by atoms with Crippen molar-refractivity contribution in [2.24, 2.45) is 0 Å². The zero-order valence-corrected chi connectivity index (χ0v) is 7.93. The van der Waals surface area contributed by atoms with Gasteiger partial charge in [-0.2, -0.15) is 10.5 Å². The summed E-state index contributed by atoms with van der Waals surface area (Å²) in [6.45, 7) is 0. The van der Waals surface area contributed by atoms with Crippen molar-refractivity contribution in [2.75, 3.05) is 6.26 Å². The molecule has 0 radical (unpaired) electrons. The summed E-state index contributed by atoms with van der Waals surface area (Å²) in [5, 5.41) is 0. The number of carbonyl (C=O) groups is 1. The molecule has 0 spiro atoms. The molecule has 0 heterocycles. The van der Waals surface area contributed by atoms with Crippen LogP contribution in [0.3, 0.4) is 0 Å². The van der Waals surface area contributed by atoms with Gasteiger partial charge in [-0.15, -0.1) is 0 Å². The Bertz CT molecular complexity index is 287. The molecule has 64 valence electrons. The maximum atomic E-state index is 10.2. The highest BCUT2D eigenvalue weighted by Crippen LogP contribution is 2.20. The lowest BCUT2D eigenvalue weighted by Gasteiger charge is -2.01. The molecule has 0 saturated heterocycles. The molecule has 1 rings (SSSR count). The molecule has 12 heavy (non-hydrogen) atoms. The summed E-state index contributed by atoms with van der Waals surface area (Å²) in [7, 11) is 0.0705. The van der Waals surface area contributed by atoms with E-state index in [1.54, 1.807) is 0 Å². The van der Waals surface area contributed by atoms with Crippen LogP contribution in [0.4, 0.5) is 0 Å². The Kier molecular flexibility index (Phi) is 3.23. The average Bonchev–Trinajstić information content (AvgIpc) is 2.06. The number of carbonyl (C=O) groups excluding carboxylic acids is 1. The Balaban J connectivity index is 2.85. The number of hydrogen-bond acceptors (Lipinski definition) is 1. The van der Waals surface area contributed by atoms with Crippen molar-refractivity contribution in [3.05, 3.63) is 29.8 Å². The van der Waals surface area contributed by atoms with E-state index in [-0.39, 0.29) is 10.5 Å². The van der Waals surface area contributed by atoms with Gasteiger partial charge in [-0.3, -0.25) is 0 Å². The van der Waals surface area contributed by atoms with Gasteiger partial charge in [0.2, 0.25) is 0 Å². The van der Waals surface area contributed by atoms with Crippen LogP contribution in [0, 0.1) is 0 Å². The van der Waals surface area contributed by atoms with E-state index >= 15 is 0 Å². The molecule has 0 N–H and O–H groups in total. The van der Waals surface area contributed by atoms with Crippen molar-refractivity contribution in [1.82, 2.24) is 0 Å². The topological polar surface area (TPSA) is 17.1 Å². The third kappa shape index (κ3) is 2.31. The fraction of sp³-hybridized carbons (Fsp3) is 0.200. The van der Waals surface area contributed by atoms with Crippen LogP contribution in [0.25, 0.3) is 0 Å². The van der Waals surface area contributed by atoms with E-state index in [0.717, 1.165) is 11.8 Å². The smallest absolute Gasteiger partial charge is 0.124 e. The van der Waals surface area contributed by atoms with Gasteiger partial charge in [0.15, 0.2) is 0 Å². The number of rotatable bonds is 3. The minimum atomic E-state index is 0.0705. The maximum Gasteiger partial charge on any atom is 0.124 e. The van der Waals surface area contributed by atoms with Gasteiger partial charge in [0.1, 0.15) is 6.29 Å². The maximum absolute atomic E-state index is 10.2. The molecule has 2 heteroatoms. The molecule has 1 unspecified atom stereocenters. The fourth-order valence-electron chi connectivity index (χ4n) is 0.954. The minimum Gasteiger partial charge on any atom is -0.303 e. The lowest BCUT2D eigenvalue weighted by atomic mass is 10.2. The van der Waals surface area contributed by atoms with Crippen molar-refractivity contribution in [3.8, 4) is 0 Å². The first kappa shape index (κ1) is 9.20. The molecule has 0 aliphatic rings. The summed E-state index contributed by atoms with van der Waals surface area (Å²) in [6, 6.07) is 8.04. The van der Waals surface area contributed by atoms with E-state index in [1.165, 1.54) is 4.90 Å². The van der Waals surface area contributed by atoms with E-state index in [2.05, 4.69) is 12.1 Å². The Hall–Kier alpha value is -0.890. The van der Waals surface area contributed by atoms with E-state index in [9.17, 15) is 4.79 Å². The standard InChI is InChI=1S/C10H12OS/c1-12(2)10-5-3-9(4-6-10)7-8-11/h3-6,8H,1,7H2,2H3. The van der Waals surface area contributed by atoms with Gasteiger partial charge < -0.3 is 4.79 Å². The largest absolute Gasteiger partial charge is 0.303 e. The van der Waals surface area contributed by atoms with E-state index in [1.807, 2.05) is 24.3 Å². The van der Waals surface area contributed by atoms with Gasteiger partial charge in [-0.25, -0.2) is 0 Å². The third-order valence-corrected chi connectivity index (χ3v) is 2.72. The second-order valence-electron chi connectivity index (χ2n) is 2.65. The number of benzene rings is 1. The first-order valence-electron chi connectivity index (χ1n) is 3.72. The molecular formula is C10H12OS. The predicted molar refractivity (Wildman–Crippen MR) is 55.1 cm³/mol. The highest BCUT2D eigenvalue weighted by atomic mass is 32.2. The second-order valence-corrected chi connectivity index (χ2v) is 4.40. The fourth-order valence-corrected chi connectivity index (χ4v) is 1.55. The molecule has 0 amide bonds. The monoisotopic (exact) mass is 180 g/mol. The van der Waals surface area contributed by atoms with Crippen LogP contribution in [0.1, 0.15) is 5.56 Å². The molecule has 0 aliphatic carbocycles. The molecular weight excluding hydrogens is 168 g/mol. The van der Waals surface area contributed by atoms with Crippen molar-refractivity contribution in [3.63, 3.8) is 0 Å². The first-order valence-corrected chi connectivity index (χ1v) is 5.52. The summed E-state index contributed by atoms with van der Waals surface area (Å²) in [4.78, 5) is 11.4. The van der Waals surface area contributed by atoms with Gasteiger partial charge in [-0.1, -0.05) is 18.0 Å². The number of hydrogen-bond donors (Lipinski definition) is 0. The van der Waals surface area contributed by atoms with Crippen LogP contribution in [-0.4, -0.2) is 18.4 Å². The molecule has 0 aliphatic heterocycles. The van der Waals surface area contributed by atoms with Crippen LogP contribution in [-0.2, 0) is 11.2 Å². The van der Waals surface area contributed by atoms with Crippen LogP contribution >= 0.6 is 10.5 Å². The summed E-state index contributed by atoms with van der Waals surface area (Å²) in [5.74, 6) is 3.94. The van der Waals surface area contributed by atoms with Crippen molar-refractivity contribution in [1.29, 1.82) is 0 Å². The molecule has 0 aromatic heterocycles. The van der Waals surface area contributed by atoms with Crippen LogP contribution in [0.2, 0.25) is 0 Å². The van der Waals surface area contributed by atoms with Gasteiger partial charge in [0.25, 0.3) is 0 Å². The SMILES string of the molecule is C=S(C)c1ccc(CC=O)cc1. The summed E-state index contributed by atoms with van der Waals surface area (Å²) < 4.78 is 0. The highest BCUT2D eigenvalue weighted by molar-refractivity contribution is 8.13. The van der Waals surface area contributed by atoms with Gasteiger partial charge in [0.05, 0.1) is 0 Å². The summed E-state index contributed by atoms with van der Waals surface area (Å²) >= 11 is 0. The Morgan fingerprint density at radius 1 is 1.42 bits per heavy atom. The third-order valence-electron chi connectivity index (χ3n) is 1.64. The molecule has 0 saturated carbocycles. The predicted octanol–water partition coefficient (Wildman–Crippen LogP) is 2.12. The summed E-state index contributed by atoms with van der Waals surface area (Å²) in [5.41, 5.74) is 1.07. The summed E-state index contributed by atoms with van der Waals surface area (Å²) in [6.07, 6.45) is 3.51. The van der Waals surface area contributed by atoms with Crippen molar-refractivity contribution in [2.45, 2.75) is 11.3 Å². The number of aldehydes is 1. The highest BCUT2D eigenvalue weighted by Gasteiger charge is 1.92. The zero-order chi connectivity index (χ0) is 8.97. The van der Waals surface area contributed by atoms with Gasteiger partial charge >= 0.3 is 0 Å². The molecule has 0 bridgehead atoms. The van der Waals surface area contributed by atoms with Crippen molar-refractivity contribution >= 4 is 22.6 Å². The van der Waals surface area contributed by atoms with Gasteiger partial charge in [0, 0.05) is 11.3 Å². The van der Waals surface area contributed by atoms with Crippen LogP contribution < -0.4 is 0 Å². The normalized spacial score (nSPS) is 12.4. The first-order chi connectivity index (χ1) is 5.74. The quantitative estimate of drug-likeness (QED) is 0.514. The van der Waals surface area contributed by atoms with Crippen LogP contribution in [0.5, 0.6) is 0 Å². The van der Waals surface area contributed by atoms with Gasteiger partial charge in [-0.05, 0) is 24.0 Å². The second kappa shape index (κ2) is 4.21. The molecule has 1 aromatic rings. The van der Waals surface area contributed by atoms with E-state index < -0.39 is 0 Å². The van der Waals surface area contributed by atoms with Crippen LogP contribution in [0.15, 0.2) is 29.2 Å². The zero-order valence-electron chi connectivity index (χ0n) is 7.12. The molecule has 1 aromatic carbocycles. The Morgan fingerprint density at radius 2 is 2.00 bits per heavy atom. The Morgan fingerprint density at radius 3 is 2.42 bits per heavy atom. The van der Waals surface area contributed by atoms with E-state index in [0.29, 0.717) is 6.42 Å².